The summed E-state index contributed by atoms with van der Waals surface area (Å²) in [6, 6.07) is 0. The van der Waals surface area contributed by atoms with Gasteiger partial charge in [0.15, 0.2) is 0 Å². The minimum Gasteiger partial charge on any atom is -0.505 e. The number of allylic oxidation sites excluding steroid dienone is 3. The second-order valence-corrected chi connectivity index (χ2v) is 8.67. The summed E-state index contributed by atoms with van der Waals surface area (Å²) in [4.78, 5) is 24.4. The molecule has 136 valence electrons. The number of ketones is 2. The van der Waals surface area contributed by atoms with Crippen LogP contribution in [0.1, 0.15) is 59.3 Å². The first kappa shape index (κ1) is 18.0. The van der Waals surface area contributed by atoms with Crippen LogP contribution in [0.25, 0.3) is 0 Å². The first-order chi connectivity index (χ1) is 11.6. The first-order valence-corrected chi connectivity index (χ1v) is 9.28. The van der Waals surface area contributed by atoms with E-state index in [9.17, 15) is 14.7 Å². The van der Waals surface area contributed by atoms with Crippen LogP contribution in [0.2, 0.25) is 0 Å². The van der Waals surface area contributed by atoms with Crippen molar-refractivity contribution in [2.24, 2.45) is 28.4 Å². The largest absolute Gasteiger partial charge is 0.505 e. The summed E-state index contributed by atoms with van der Waals surface area (Å²) in [7, 11) is 0. The predicted molar refractivity (Wildman–Crippen MR) is 97.6 cm³/mol. The molecule has 0 aromatic rings. The predicted octanol–water partition coefficient (Wildman–Crippen LogP) is 3.98. The van der Waals surface area contributed by atoms with Crippen LogP contribution in [-0.2, 0) is 9.59 Å². The number of carbonyl (C=O) groups is 2. The minimum atomic E-state index is -0.632. The van der Waals surface area contributed by atoms with Gasteiger partial charge in [0.05, 0.1) is 5.70 Å². The van der Waals surface area contributed by atoms with E-state index in [4.69, 9.17) is 5.73 Å². The smallest absolute Gasteiger partial charge is 0.232 e. The Hall–Kier alpha value is -1.84. The minimum absolute atomic E-state index is 0.00131. The van der Waals surface area contributed by atoms with Crippen LogP contribution < -0.4 is 5.73 Å². The van der Waals surface area contributed by atoms with Gasteiger partial charge in [0, 0.05) is 11.6 Å². The molecule has 0 heterocycles. The quantitative estimate of drug-likeness (QED) is 0.451. The molecule has 4 heteroatoms. The molecule has 4 atom stereocenters. The standard InChI is InChI=1S/C21H29NO3/c1-12-6-5-9-20(3)15(12)8-7-13(2)21(20,4)11-14-18(24)16(22)10-17(23)19(14)25/h10,13,15,24H,1,5-9,11,22H2,2-4H3/t13-,15-,20-,21+/m0/s1. The van der Waals surface area contributed by atoms with Gasteiger partial charge in [-0.05, 0) is 61.2 Å². The number of hydrogen-bond acceptors (Lipinski definition) is 4. The van der Waals surface area contributed by atoms with Gasteiger partial charge >= 0.3 is 0 Å². The van der Waals surface area contributed by atoms with E-state index in [1.807, 2.05) is 0 Å². The molecule has 0 aliphatic heterocycles. The third-order valence-corrected chi connectivity index (χ3v) is 7.62. The van der Waals surface area contributed by atoms with Crippen molar-refractivity contribution < 1.29 is 14.7 Å². The third-order valence-electron chi connectivity index (χ3n) is 7.62. The highest BCUT2D eigenvalue weighted by Crippen LogP contribution is 2.64. The highest BCUT2D eigenvalue weighted by molar-refractivity contribution is 6.48. The van der Waals surface area contributed by atoms with Gasteiger partial charge < -0.3 is 10.8 Å². The average Bonchev–Trinajstić information content (AvgIpc) is 2.55. The number of nitrogens with two attached hydrogens (primary N) is 1. The maximum atomic E-state index is 12.4. The van der Waals surface area contributed by atoms with E-state index in [1.54, 1.807) is 0 Å². The fourth-order valence-corrected chi connectivity index (χ4v) is 5.60. The highest BCUT2D eigenvalue weighted by atomic mass is 16.3. The number of carbonyl (C=O) groups excluding carboxylic acids is 2. The Morgan fingerprint density at radius 2 is 2.00 bits per heavy atom. The van der Waals surface area contributed by atoms with Gasteiger partial charge in [-0.1, -0.05) is 32.9 Å². The Bertz CT molecular complexity index is 717. The molecule has 3 rings (SSSR count). The molecular weight excluding hydrogens is 314 g/mol. The maximum absolute atomic E-state index is 12.4. The van der Waals surface area contributed by atoms with Crippen molar-refractivity contribution in [3.05, 3.63) is 35.3 Å². The molecule has 4 nitrogen and oxygen atoms in total. The van der Waals surface area contributed by atoms with Crippen LogP contribution >= 0.6 is 0 Å². The summed E-state index contributed by atoms with van der Waals surface area (Å²) < 4.78 is 0. The van der Waals surface area contributed by atoms with Gasteiger partial charge in [-0.2, -0.15) is 0 Å². The average molecular weight is 343 g/mol. The number of fused-ring (bicyclic) bond motifs is 1. The highest BCUT2D eigenvalue weighted by Gasteiger charge is 2.57. The van der Waals surface area contributed by atoms with Gasteiger partial charge in [-0.15, -0.1) is 0 Å². The maximum Gasteiger partial charge on any atom is 0.232 e. The number of rotatable bonds is 2. The summed E-state index contributed by atoms with van der Waals surface area (Å²) in [6.45, 7) is 11.1. The van der Waals surface area contributed by atoms with Gasteiger partial charge in [-0.25, -0.2) is 0 Å². The Balaban J connectivity index is 2.05. The van der Waals surface area contributed by atoms with Crippen LogP contribution in [-0.4, -0.2) is 16.7 Å². The Morgan fingerprint density at radius 3 is 2.68 bits per heavy atom. The molecule has 0 aromatic heterocycles. The molecule has 2 fully saturated rings. The Morgan fingerprint density at radius 1 is 1.32 bits per heavy atom. The lowest BCUT2D eigenvalue weighted by Crippen LogP contribution is -2.53. The van der Waals surface area contributed by atoms with Crippen LogP contribution in [0.5, 0.6) is 0 Å². The van der Waals surface area contributed by atoms with Crippen molar-refractivity contribution in [2.75, 3.05) is 0 Å². The summed E-state index contributed by atoms with van der Waals surface area (Å²) in [5.41, 5.74) is 7.07. The fraction of sp³-hybridized carbons (Fsp3) is 0.619. The topological polar surface area (TPSA) is 80.4 Å². The number of aliphatic hydroxyl groups is 1. The second kappa shape index (κ2) is 5.86. The molecule has 0 unspecified atom stereocenters. The summed E-state index contributed by atoms with van der Waals surface area (Å²) in [5, 5.41) is 10.4. The van der Waals surface area contributed by atoms with Crippen molar-refractivity contribution in [3.63, 3.8) is 0 Å². The lowest BCUT2D eigenvalue weighted by molar-refractivity contribution is -0.133. The zero-order valence-corrected chi connectivity index (χ0v) is 15.5. The lowest BCUT2D eigenvalue weighted by atomic mass is 9.43. The Kier molecular flexibility index (Phi) is 4.21. The molecule has 0 amide bonds. The molecule has 0 aromatic carbocycles. The van der Waals surface area contributed by atoms with E-state index < -0.39 is 11.6 Å². The molecule has 0 radical (unpaired) electrons. The zero-order valence-electron chi connectivity index (χ0n) is 15.5. The van der Waals surface area contributed by atoms with Crippen LogP contribution in [0.3, 0.4) is 0 Å². The number of hydrogen-bond donors (Lipinski definition) is 2. The van der Waals surface area contributed by atoms with Crippen LogP contribution in [0.15, 0.2) is 35.3 Å². The van der Waals surface area contributed by atoms with Crippen LogP contribution in [0, 0.1) is 22.7 Å². The molecular formula is C21H29NO3. The monoisotopic (exact) mass is 343 g/mol. The first-order valence-electron chi connectivity index (χ1n) is 9.28. The normalized spacial score (nSPS) is 39.3. The summed E-state index contributed by atoms with van der Waals surface area (Å²) in [6.07, 6.45) is 6.88. The SMILES string of the molecule is C=C1CCC[C@@]2(C)[C@H]1CC[C@H](C)[C@@]2(C)CC1=C(O)C(N)=CC(=O)C1=O. The number of aliphatic hydroxyl groups excluding tert-OH is 1. The van der Waals surface area contributed by atoms with Crippen LogP contribution in [0.4, 0.5) is 0 Å². The molecule has 25 heavy (non-hydrogen) atoms. The molecule has 3 aliphatic rings. The van der Waals surface area contributed by atoms with E-state index >= 15 is 0 Å². The summed E-state index contributed by atoms with van der Waals surface area (Å²) in [5.74, 6) is -0.631. The molecule has 0 bridgehead atoms. The van der Waals surface area contributed by atoms with Crippen molar-refractivity contribution in [1.29, 1.82) is 0 Å². The second-order valence-electron chi connectivity index (χ2n) is 8.67. The molecule has 0 saturated heterocycles. The van der Waals surface area contributed by atoms with Gasteiger partial charge in [0.1, 0.15) is 5.76 Å². The zero-order chi connectivity index (χ0) is 18.6. The number of Topliss-reactive ketones (excluding diaryl/α,β-unsaturated/α-hetero) is 1. The van der Waals surface area contributed by atoms with Crippen molar-refractivity contribution in [2.45, 2.75) is 59.3 Å². The van der Waals surface area contributed by atoms with Crippen molar-refractivity contribution >= 4 is 11.6 Å². The fourth-order valence-electron chi connectivity index (χ4n) is 5.60. The van der Waals surface area contributed by atoms with Gasteiger partial charge in [-0.3, -0.25) is 9.59 Å². The Labute approximate surface area is 149 Å². The van der Waals surface area contributed by atoms with Gasteiger partial charge in [0.25, 0.3) is 0 Å². The van der Waals surface area contributed by atoms with Crippen molar-refractivity contribution in [3.8, 4) is 0 Å². The summed E-state index contributed by atoms with van der Waals surface area (Å²) >= 11 is 0. The van der Waals surface area contributed by atoms with E-state index in [-0.39, 0.29) is 27.9 Å². The third kappa shape index (κ3) is 2.49. The molecule has 2 saturated carbocycles. The molecule has 3 N–H and O–H groups in total. The molecule has 0 spiro atoms. The van der Waals surface area contributed by atoms with Crippen molar-refractivity contribution in [1.82, 2.24) is 0 Å². The van der Waals surface area contributed by atoms with E-state index in [1.165, 1.54) is 5.57 Å². The van der Waals surface area contributed by atoms with E-state index in [2.05, 4.69) is 27.4 Å². The van der Waals surface area contributed by atoms with Gasteiger partial charge in [0.2, 0.25) is 11.6 Å². The van der Waals surface area contributed by atoms with E-state index in [0.29, 0.717) is 18.3 Å². The molecule has 3 aliphatic carbocycles. The lowest BCUT2D eigenvalue weighted by Gasteiger charge is -2.61. The van der Waals surface area contributed by atoms with E-state index in [0.717, 1.165) is 38.2 Å².